The Morgan fingerprint density at radius 1 is 1.19 bits per heavy atom. The molecule has 1 aliphatic rings. The molecule has 1 fully saturated rings. The lowest BCUT2D eigenvalue weighted by Crippen LogP contribution is -2.36. The van der Waals surface area contributed by atoms with Gasteiger partial charge in [-0.05, 0) is 19.1 Å². The van der Waals surface area contributed by atoms with Crippen molar-refractivity contribution in [1.29, 1.82) is 0 Å². The van der Waals surface area contributed by atoms with E-state index >= 15 is 0 Å². The SMILES string of the molecule is Cc1ccc(SCCC(=O)N/N=C\c2sc(N3CCOCC3)nc2-c2ccccc2)cc1. The largest absolute Gasteiger partial charge is 0.378 e. The zero-order valence-corrected chi connectivity index (χ0v) is 19.6. The first-order valence-corrected chi connectivity index (χ1v) is 12.4. The second-order valence-corrected chi connectivity index (χ2v) is 9.56. The number of benzene rings is 2. The number of rotatable bonds is 8. The van der Waals surface area contributed by atoms with Crippen LogP contribution in [0.4, 0.5) is 5.13 Å². The van der Waals surface area contributed by atoms with E-state index in [1.807, 2.05) is 30.3 Å². The Kier molecular flexibility index (Phi) is 7.92. The fourth-order valence-corrected chi connectivity index (χ4v) is 5.08. The Labute approximate surface area is 196 Å². The Bertz CT molecular complexity index is 1050. The van der Waals surface area contributed by atoms with Gasteiger partial charge in [0.15, 0.2) is 5.13 Å². The third-order valence-electron chi connectivity index (χ3n) is 4.96. The van der Waals surface area contributed by atoms with Gasteiger partial charge in [-0.2, -0.15) is 5.10 Å². The van der Waals surface area contributed by atoms with Crippen LogP contribution in [0, 0.1) is 6.92 Å². The third kappa shape index (κ3) is 6.18. The zero-order chi connectivity index (χ0) is 22.2. The van der Waals surface area contributed by atoms with Crippen LogP contribution in [0.1, 0.15) is 16.9 Å². The molecule has 1 aromatic heterocycles. The van der Waals surface area contributed by atoms with Crippen molar-refractivity contribution >= 4 is 40.4 Å². The van der Waals surface area contributed by atoms with Crippen molar-refractivity contribution in [3.63, 3.8) is 0 Å². The van der Waals surface area contributed by atoms with Crippen LogP contribution in [-0.2, 0) is 9.53 Å². The van der Waals surface area contributed by atoms with Crippen LogP contribution in [0.15, 0.2) is 64.6 Å². The summed E-state index contributed by atoms with van der Waals surface area (Å²) in [5.74, 6) is 0.613. The number of thiazole rings is 1. The zero-order valence-electron chi connectivity index (χ0n) is 18.0. The molecule has 2 heterocycles. The van der Waals surface area contributed by atoms with Gasteiger partial charge in [0.1, 0.15) is 0 Å². The number of aromatic nitrogens is 1. The maximum Gasteiger partial charge on any atom is 0.240 e. The number of ether oxygens (including phenoxy) is 1. The predicted molar refractivity (Wildman–Crippen MR) is 133 cm³/mol. The summed E-state index contributed by atoms with van der Waals surface area (Å²) in [6, 6.07) is 18.4. The number of hydrazone groups is 1. The Hall–Kier alpha value is -2.68. The number of aryl methyl sites for hydroxylation is 1. The molecular weight excluding hydrogens is 440 g/mol. The molecule has 166 valence electrons. The minimum atomic E-state index is -0.0972. The molecule has 1 amide bonds. The lowest BCUT2D eigenvalue weighted by atomic mass is 10.1. The summed E-state index contributed by atoms with van der Waals surface area (Å²) in [6.45, 7) is 5.14. The number of hydrogen-bond donors (Lipinski definition) is 1. The lowest BCUT2D eigenvalue weighted by molar-refractivity contribution is -0.120. The van der Waals surface area contributed by atoms with Gasteiger partial charge in [0, 0.05) is 35.7 Å². The number of anilines is 1. The minimum absolute atomic E-state index is 0.0972. The molecule has 4 rings (SSSR count). The van der Waals surface area contributed by atoms with Gasteiger partial charge >= 0.3 is 0 Å². The molecule has 0 bridgehead atoms. The van der Waals surface area contributed by atoms with E-state index in [2.05, 4.69) is 46.6 Å². The number of nitrogens with one attached hydrogen (secondary N) is 1. The maximum absolute atomic E-state index is 12.2. The second kappa shape index (κ2) is 11.3. The van der Waals surface area contributed by atoms with Crippen molar-refractivity contribution in [3.05, 3.63) is 65.0 Å². The van der Waals surface area contributed by atoms with E-state index in [0.29, 0.717) is 25.4 Å². The van der Waals surface area contributed by atoms with Gasteiger partial charge in [0.05, 0.1) is 30.0 Å². The van der Waals surface area contributed by atoms with Crippen molar-refractivity contribution in [2.24, 2.45) is 5.10 Å². The number of hydrogen-bond acceptors (Lipinski definition) is 7. The fourth-order valence-electron chi connectivity index (χ4n) is 3.22. The van der Waals surface area contributed by atoms with E-state index in [4.69, 9.17) is 9.72 Å². The number of morpholine rings is 1. The smallest absolute Gasteiger partial charge is 0.240 e. The standard InChI is InChI=1S/C24H26N4O2S2/c1-18-7-9-20(10-8-18)31-16-11-22(29)27-25-17-21-23(19-5-3-2-4-6-19)26-24(32-21)28-12-14-30-15-13-28/h2-10,17H,11-16H2,1H3,(H,27,29)/b25-17-. The number of carbonyl (C=O) groups is 1. The van der Waals surface area contributed by atoms with Crippen molar-refractivity contribution in [2.45, 2.75) is 18.2 Å². The molecule has 0 saturated carbocycles. The van der Waals surface area contributed by atoms with Crippen LogP contribution in [0.2, 0.25) is 0 Å². The quantitative estimate of drug-likeness (QED) is 0.299. The molecule has 0 spiro atoms. The summed E-state index contributed by atoms with van der Waals surface area (Å²) in [6.07, 6.45) is 2.11. The predicted octanol–water partition coefficient (Wildman–Crippen LogP) is 4.59. The highest BCUT2D eigenvalue weighted by Gasteiger charge is 2.18. The number of amides is 1. The molecule has 6 nitrogen and oxygen atoms in total. The van der Waals surface area contributed by atoms with E-state index in [-0.39, 0.29) is 5.91 Å². The van der Waals surface area contributed by atoms with Gasteiger partial charge < -0.3 is 9.64 Å². The molecule has 32 heavy (non-hydrogen) atoms. The van der Waals surface area contributed by atoms with Gasteiger partial charge in [-0.1, -0.05) is 59.4 Å². The summed E-state index contributed by atoms with van der Waals surface area (Å²) in [4.78, 5) is 21.4. The normalized spacial score (nSPS) is 14.1. The van der Waals surface area contributed by atoms with Gasteiger partial charge in [-0.3, -0.25) is 4.79 Å². The lowest BCUT2D eigenvalue weighted by Gasteiger charge is -2.26. The van der Waals surface area contributed by atoms with E-state index < -0.39 is 0 Å². The minimum Gasteiger partial charge on any atom is -0.378 e. The van der Waals surface area contributed by atoms with E-state index in [1.54, 1.807) is 29.3 Å². The topological polar surface area (TPSA) is 66.8 Å². The molecule has 8 heteroatoms. The van der Waals surface area contributed by atoms with Crippen molar-refractivity contribution in [1.82, 2.24) is 10.4 Å². The third-order valence-corrected chi connectivity index (χ3v) is 7.03. The summed E-state index contributed by atoms with van der Waals surface area (Å²) in [5, 5.41) is 5.17. The molecule has 0 unspecified atom stereocenters. The monoisotopic (exact) mass is 466 g/mol. The molecule has 0 aliphatic carbocycles. The highest BCUT2D eigenvalue weighted by Crippen LogP contribution is 2.32. The van der Waals surface area contributed by atoms with Crippen LogP contribution >= 0.6 is 23.1 Å². The Balaban J connectivity index is 1.38. The second-order valence-electron chi connectivity index (χ2n) is 7.38. The number of thioether (sulfide) groups is 1. The van der Waals surface area contributed by atoms with Crippen LogP contribution in [0.25, 0.3) is 11.3 Å². The van der Waals surface area contributed by atoms with Crippen LogP contribution in [0.3, 0.4) is 0 Å². The highest BCUT2D eigenvalue weighted by molar-refractivity contribution is 7.99. The first kappa shape index (κ1) is 22.5. The highest BCUT2D eigenvalue weighted by atomic mass is 32.2. The van der Waals surface area contributed by atoms with E-state index in [9.17, 15) is 4.79 Å². The van der Waals surface area contributed by atoms with Crippen molar-refractivity contribution in [2.75, 3.05) is 37.0 Å². The van der Waals surface area contributed by atoms with Crippen LogP contribution < -0.4 is 10.3 Å². The molecule has 0 radical (unpaired) electrons. The molecule has 1 N–H and O–H groups in total. The molecule has 1 aliphatic heterocycles. The molecule has 3 aromatic rings. The average Bonchev–Trinajstić information content (AvgIpc) is 3.26. The van der Waals surface area contributed by atoms with Crippen molar-refractivity contribution < 1.29 is 9.53 Å². The van der Waals surface area contributed by atoms with Gasteiger partial charge in [-0.25, -0.2) is 10.4 Å². The van der Waals surface area contributed by atoms with Gasteiger partial charge in [0.2, 0.25) is 5.91 Å². The molecular formula is C24H26N4O2S2. The molecule has 2 aromatic carbocycles. The van der Waals surface area contributed by atoms with Gasteiger partial charge in [0.25, 0.3) is 0 Å². The average molecular weight is 467 g/mol. The van der Waals surface area contributed by atoms with Gasteiger partial charge in [-0.15, -0.1) is 11.8 Å². The summed E-state index contributed by atoms with van der Waals surface area (Å²) < 4.78 is 5.46. The number of carbonyl (C=O) groups excluding carboxylic acids is 1. The molecule has 0 atom stereocenters. The number of nitrogens with zero attached hydrogens (tertiary/aromatic N) is 3. The van der Waals surface area contributed by atoms with Crippen LogP contribution in [0.5, 0.6) is 0 Å². The fraction of sp³-hybridized carbons (Fsp3) is 0.292. The Morgan fingerprint density at radius 2 is 1.94 bits per heavy atom. The van der Waals surface area contributed by atoms with Crippen molar-refractivity contribution in [3.8, 4) is 11.3 Å². The summed E-state index contributed by atoms with van der Waals surface area (Å²) >= 11 is 3.25. The van der Waals surface area contributed by atoms with E-state index in [1.165, 1.54) is 10.5 Å². The summed E-state index contributed by atoms with van der Waals surface area (Å²) in [7, 11) is 0. The summed E-state index contributed by atoms with van der Waals surface area (Å²) in [5.41, 5.74) is 5.80. The maximum atomic E-state index is 12.2. The van der Waals surface area contributed by atoms with E-state index in [0.717, 1.165) is 34.4 Å². The van der Waals surface area contributed by atoms with Crippen LogP contribution in [-0.4, -0.2) is 49.2 Å². The first-order valence-electron chi connectivity index (χ1n) is 10.6. The Morgan fingerprint density at radius 3 is 2.69 bits per heavy atom. The first-order chi connectivity index (χ1) is 15.7. The molecule has 1 saturated heterocycles.